The molecule has 0 amide bonds. The number of nitrogens with zero attached hydrogens (tertiary/aromatic N) is 2. The molecule has 9 heteroatoms. The number of carboxylic acids is 1. The van der Waals surface area contributed by atoms with Crippen LogP contribution in [0.1, 0.15) is 15.9 Å². The average Bonchev–Trinajstić information content (AvgIpc) is 2.47. The van der Waals surface area contributed by atoms with Crippen molar-refractivity contribution >= 4 is 28.1 Å². The molecule has 0 saturated carbocycles. The molecule has 0 aliphatic heterocycles. The molecule has 0 atom stereocenters. The second kappa shape index (κ2) is 6.33. The first-order valence-electron chi connectivity index (χ1n) is 5.91. The minimum Gasteiger partial charge on any atom is -0.744 e. The summed E-state index contributed by atoms with van der Waals surface area (Å²) in [6, 6.07) is 8.35. The summed E-state index contributed by atoms with van der Waals surface area (Å²) < 4.78 is 33.2. The number of carboxylic acid groups (broad SMARTS) is 1. The number of pyridine rings is 1. The highest BCUT2D eigenvalue weighted by Crippen LogP contribution is 2.13. The summed E-state index contributed by atoms with van der Waals surface area (Å²) in [5.41, 5.74) is 2.66. The van der Waals surface area contributed by atoms with Gasteiger partial charge < -0.3 is 9.66 Å². The molecule has 0 aliphatic rings. The van der Waals surface area contributed by atoms with E-state index in [1.54, 1.807) is 6.07 Å². The van der Waals surface area contributed by atoms with E-state index >= 15 is 0 Å². The molecule has 0 saturated heterocycles. The molecule has 0 unspecified atom stereocenters. The van der Waals surface area contributed by atoms with Gasteiger partial charge in [0.15, 0.2) is 0 Å². The predicted molar refractivity (Wildman–Crippen MR) is 76.8 cm³/mol. The van der Waals surface area contributed by atoms with E-state index in [-0.39, 0.29) is 21.8 Å². The van der Waals surface area contributed by atoms with Gasteiger partial charge in [-0.3, -0.25) is 5.43 Å². The van der Waals surface area contributed by atoms with Gasteiger partial charge in [0.25, 0.3) is 0 Å². The van der Waals surface area contributed by atoms with E-state index in [4.69, 9.17) is 5.11 Å². The lowest BCUT2D eigenvalue weighted by Crippen LogP contribution is -2.04. The quantitative estimate of drug-likeness (QED) is 0.479. The highest BCUT2D eigenvalue weighted by molar-refractivity contribution is 7.85. The molecule has 0 spiro atoms. The van der Waals surface area contributed by atoms with Crippen LogP contribution in [0, 0.1) is 0 Å². The van der Waals surface area contributed by atoms with Gasteiger partial charge in [-0.15, -0.1) is 0 Å². The Morgan fingerprint density at radius 1 is 1.27 bits per heavy atom. The third kappa shape index (κ3) is 3.87. The standard InChI is InChI=1S/C13H11N3O5S/c17-13(18)10-5-6-12(14-7-10)16-15-8-9-3-1-2-4-11(9)22(19,20)21/h1-8H,(H,14,16)(H,17,18)(H,19,20,21)/p-1/b15-8+. The lowest BCUT2D eigenvalue weighted by Gasteiger charge is -2.09. The number of benzene rings is 1. The highest BCUT2D eigenvalue weighted by atomic mass is 32.2. The summed E-state index contributed by atoms with van der Waals surface area (Å²) >= 11 is 0. The maximum absolute atomic E-state index is 11.1. The maximum atomic E-state index is 11.1. The summed E-state index contributed by atoms with van der Waals surface area (Å²) in [4.78, 5) is 14.1. The van der Waals surface area contributed by atoms with Gasteiger partial charge in [0.2, 0.25) is 0 Å². The number of nitrogens with one attached hydrogen (secondary N) is 1. The number of hydrazone groups is 1. The smallest absolute Gasteiger partial charge is 0.337 e. The molecule has 0 fully saturated rings. The fraction of sp³-hybridized carbons (Fsp3) is 0. The lowest BCUT2D eigenvalue weighted by atomic mass is 10.2. The number of hydrogen-bond acceptors (Lipinski definition) is 7. The molecule has 8 nitrogen and oxygen atoms in total. The summed E-state index contributed by atoms with van der Waals surface area (Å²) in [6.45, 7) is 0. The summed E-state index contributed by atoms with van der Waals surface area (Å²) in [5, 5.41) is 12.5. The van der Waals surface area contributed by atoms with Crippen LogP contribution in [-0.2, 0) is 10.1 Å². The van der Waals surface area contributed by atoms with Crippen molar-refractivity contribution in [2.24, 2.45) is 5.10 Å². The molecule has 22 heavy (non-hydrogen) atoms. The van der Waals surface area contributed by atoms with Crippen LogP contribution in [0.15, 0.2) is 52.6 Å². The Labute approximate surface area is 125 Å². The van der Waals surface area contributed by atoms with Crippen LogP contribution in [0.4, 0.5) is 5.82 Å². The van der Waals surface area contributed by atoms with Gasteiger partial charge in [-0.1, -0.05) is 18.2 Å². The van der Waals surface area contributed by atoms with Gasteiger partial charge in [-0.25, -0.2) is 18.2 Å². The first-order chi connectivity index (χ1) is 10.4. The van der Waals surface area contributed by atoms with E-state index in [1.165, 1.54) is 30.3 Å². The van der Waals surface area contributed by atoms with Crippen molar-refractivity contribution in [3.05, 3.63) is 53.7 Å². The predicted octanol–water partition coefficient (Wildman–Crippen LogP) is 1.13. The first kappa shape index (κ1) is 15.6. The van der Waals surface area contributed by atoms with Crippen molar-refractivity contribution in [2.75, 3.05) is 5.43 Å². The summed E-state index contributed by atoms with van der Waals surface area (Å²) in [5.74, 6) is -0.833. The fourth-order valence-corrected chi connectivity index (χ4v) is 2.22. The Morgan fingerprint density at radius 2 is 2.00 bits per heavy atom. The summed E-state index contributed by atoms with van der Waals surface area (Å²) in [7, 11) is -4.59. The van der Waals surface area contributed by atoms with E-state index < -0.39 is 16.1 Å². The van der Waals surface area contributed by atoms with Crippen molar-refractivity contribution in [1.82, 2.24) is 4.98 Å². The SMILES string of the molecule is O=C(O)c1ccc(N/N=C/c2ccccc2S(=O)(=O)[O-])nc1. The zero-order chi connectivity index (χ0) is 16.2. The highest BCUT2D eigenvalue weighted by Gasteiger charge is 2.06. The molecule has 1 aromatic heterocycles. The third-order valence-corrected chi connectivity index (χ3v) is 3.49. The Bertz CT molecular complexity index is 816. The molecular formula is C13H10N3O5S-. The van der Waals surface area contributed by atoms with Gasteiger partial charge >= 0.3 is 5.97 Å². The van der Waals surface area contributed by atoms with Crippen molar-refractivity contribution in [3.8, 4) is 0 Å². The minimum absolute atomic E-state index is 0.0253. The molecule has 2 aromatic rings. The van der Waals surface area contributed by atoms with Gasteiger partial charge in [-0.2, -0.15) is 5.10 Å². The zero-order valence-corrected chi connectivity index (χ0v) is 11.8. The first-order valence-corrected chi connectivity index (χ1v) is 7.32. The van der Waals surface area contributed by atoms with Crippen LogP contribution >= 0.6 is 0 Å². The second-order valence-electron chi connectivity index (χ2n) is 4.10. The van der Waals surface area contributed by atoms with Crippen LogP contribution in [0.25, 0.3) is 0 Å². The van der Waals surface area contributed by atoms with Gasteiger partial charge in [0, 0.05) is 11.8 Å². The van der Waals surface area contributed by atoms with Crippen LogP contribution < -0.4 is 5.43 Å². The molecule has 2 N–H and O–H groups in total. The Morgan fingerprint density at radius 3 is 2.59 bits per heavy atom. The summed E-state index contributed by atoms with van der Waals surface area (Å²) in [6.07, 6.45) is 2.31. The number of anilines is 1. The normalized spacial score (nSPS) is 11.5. The monoisotopic (exact) mass is 320 g/mol. The van der Waals surface area contributed by atoms with Crippen molar-refractivity contribution < 1.29 is 22.9 Å². The van der Waals surface area contributed by atoms with Gasteiger partial charge in [0.05, 0.1) is 16.7 Å². The molecule has 1 aromatic carbocycles. The number of aromatic carboxylic acids is 1. The number of aromatic nitrogens is 1. The second-order valence-corrected chi connectivity index (χ2v) is 5.45. The topological polar surface area (TPSA) is 132 Å². The Kier molecular flexibility index (Phi) is 4.49. The van der Waals surface area contributed by atoms with Crippen molar-refractivity contribution in [3.63, 3.8) is 0 Å². The molecule has 0 bridgehead atoms. The third-order valence-electron chi connectivity index (χ3n) is 2.58. The van der Waals surface area contributed by atoms with Gasteiger partial charge in [-0.05, 0) is 18.2 Å². The average molecular weight is 320 g/mol. The van der Waals surface area contributed by atoms with E-state index in [1.807, 2.05) is 0 Å². The molecule has 114 valence electrons. The molecule has 2 rings (SSSR count). The van der Waals surface area contributed by atoms with E-state index in [0.717, 1.165) is 12.4 Å². The van der Waals surface area contributed by atoms with E-state index in [2.05, 4.69) is 15.5 Å². The van der Waals surface area contributed by atoms with E-state index in [0.29, 0.717) is 0 Å². The van der Waals surface area contributed by atoms with Crippen molar-refractivity contribution in [1.29, 1.82) is 0 Å². The van der Waals surface area contributed by atoms with Crippen LogP contribution in [0.5, 0.6) is 0 Å². The number of carbonyl (C=O) groups is 1. The molecule has 0 aliphatic carbocycles. The largest absolute Gasteiger partial charge is 0.744 e. The Hall–Kier alpha value is -2.78. The van der Waals surface area contributed by atoms with Crippen LogP contribution in [-0.4, -0.2) is 35.2 Å². The number of rotatable bonds is 5. The van der Waals surface area contributed by atoms with Crippen LogP contribution in [0.3, 0.4) is 0 Å². The number of hydrogen-bond donors (Lipinski definition) is 2. The lowest BCUT2D eigenvalue weighted by molar-refractivity contribution is 0.0696. The zero-order valence-electron chi connectivity index (χ0n) is 11.0. The van der Waals surface area contributed by atoms with E-state index in [9.17, 15) is 17.8 Å². The van der Waals surface area contributed by atoms with Crippen molar-refractivity contribution in [2.45, 2.75) is 4.90 Å². The van der Waals surface area contributed by atoms with Crippen LogP contribution in [0.2, 0.25) is 0 Å². The molecule has 0 radical (unpaired) electrons. The maximum Gasteiger partial charge on any atom is 0.337 e. The molecule has 1 heterocycles. The minimum atomic E-state index is -4.59. The Balaban J connectivity index is 2.15. The van der Waals surface area contributed by atoms with Gasteiger partial charge in [0.1, 0.15) is 15.9 Å². The fourth-order valence-electron chi connectivity index (χ4n) is 1.57. The molecular weight excluding hydrogens is 310 g/mol.